The summed E-state index contributed by atoms with van der Waals surface area (Å²) in [5, 5.41) is 3.01. The van der Waals surface area contributed by atoms with E-state index in [-0.39, 0.29) is 5.91 Å². The van der Waals surface area contributed by atoms with Gasteiger partial charge in [-0.3, -0.25) is 4.79 Å². The molecule has 3 nitrogen and oxygen atoms in total. The minimum atomic E-state index is 0.158. The highest BCUT2D eigenvalue weighted by Gasteiger charge is 2.05. The number of unbranched alkanes of at least 4 members (excludes halogenated alkanes) is 1. The summed E-state index contributed by atoms with van der Waals surface area (Å²) in [6.07, 6.45) is 3.85. The minimum Gasteiger partial charge on any atom is -0.345 e. The number of allylic oxidation sites excluding steroid dienone is 1. The molecule has 0 unspecified atom stereocenters. The fraction of sp³-hybridized carbons (Fsp3) is 0.700. The molecule has 0 atom stereocenters. The standard InChI is InChI=1S/C10H20N2O/c1-4-6-7-8-12(3)10(13)9-11-5-2/h4,11H,1,5-9H2,2-3H3. The highest BCUT2D eigenvalue weighted by Crippen LogP contribution is 1.93. The molecule has 1 N–H and O–H groups in total. The molecule has 0 aromatic carbocycles. The monoisotopic (exact) mass is 184 g/mol. The molecule has 0 rings (SSSR count). The van der Waals surface area contributed by atoms with Gasteiger partial charge in [-0.1, -0.05) is 13.0 Å². The molecule has 0 spiro atoms. The van der Waals surface area contributed by atoms with Gasteiger partial charge in [0.25, 0.3) is 0 Å². The van der Waals surface area contributed by atoms with Crippen molar-refractivity contribution in [2.24, 2.45) is 0 Å². The number of nitrogens with one attached hydrogen (secondary N) is 1. The average molecular weight is 184 g/mol. The molecule has 13 heavy (non-hydrogen) atoms. The first-order valence-electron chi connectivity index (χ1n) is 4.78. The molecule has 0 aliphatic rings. The van der Waals surface area contributed by atoms with E-state index in [0.717, 1.165) is 25.9 Å². The van der Waals surface area contributed by atoms with Crippen LogP contribution in [-0.4, -0.2) is 37.5 Å². The predicted molar refractivity (Wildman–Crippen MR) is 55.6 cm³/mol. The van der Waals surface area contributed by atoms with E-state index >= 15 is 0 Å². The predicted octanol–water partition coefficient (Wildman–Crippen LogP) is 1.02. The quantitative estimate of drug-likeness (QED) is 0.473. The molecule has 0 aromatic rings. The number of nitrogens with zero attached hydrogens (tertiary/aromatic N) is 1. The topological polar surface area (TPSA) is 32.3 Å². The van der Waals surface area contributed by atoms with Crippen molar-refractivity contribution in [2.45, 2.75) is 19.8 Å². The second kappa shape index (κ2) is 7.80. The molecule has 1 amide bonds. The number of likely N-dealkylation sites (N-methyl/N-ethyl adjacent to an activating group) is 2. The molecule has 0 radical (unpaired) electrons. The Labute approximate surface area is 80.8 Å². The van der Waals surface area contributed by atoms with E-state index in [4.69, 9.17) is 0 Å². The Bertz CT molecular complexity index is 157. The smallest absolute Gasteiger partial charge is 0.236 e. The molecular formula is C10H20N2O. The maximum absolute atomic E-state index is 11.3. The number of hydrogen-bond donors (Lipinski definition) is 1. The van der Waals surface area contributed by atoms with Crippen molar-refractivity contribution in [3.05, 3.63) is 12.7 Å². The van der Waals surface area contributed by atoms with Crippen LogP contribution >= 0.6 is 0 Å². The molecule has 0 aliphatic heterocycles. The van der Waals surface area contributed by atoms with Crippen LogP contribution in [-0.2, 0) is 4.79 Å². The van der Waals surface area contributed by atoms with E-state index in [2.05, 4.69) is 11.9 Å². The zero-order valence-electron chi connectivity index (χ0n) is 8.68. The van der Waals surface area contributed by atoms with Crippen LogP contribution in [0.15, 0.2) is 12.7 Å². The summed E-state index contributed by atoms with van der Waals surface area (Å²) in [5.74, 6) is 0.158. The molecule has 76 valence electrons. The van der Waals surface area contributed by atoms with Gasteiger partial charge in [-0.05, 0) is 19.4 Å². The lowest BCUT2D eigenvalue weighted by molar-refractivity contribution is -0.128. The van der Waals surface area contributed by atoms with Crippen molar-refractivity contribution in [2.75, 3.05) is 26.7 Å². The third-order valence-electron chi connectivity index (χ3n) is 1.85. The third-order valence-corrected chi connectivity index (χ3v) is 1.85. The summed E-state index contributed by atoms with van der Waals surface area (Å²) in [6.45, 7) is 7.73. The van der Waals surface area contributed by atoms with Crippen LogP contribution in [0, 0.1) is 0 Å². The van der Waals surface area contributed by atoms with Gasteiger partial charge in [0.15, 0.2) is 0 Å². The van der Waals surface area contributed by atoms with E-state index in [1.807, 2.05) is 20.0 Å². The van der Waals surface area contributed by atoms with Gasteiger partial charge in [0, 0.05) is 13.6 Å². The van der Waals surface area contributed by atoms with Crippen molar-refractivity contribution in [3.63, 3.8) is 0 Å². The highest BCUT2D eigenvalue weighted by atomic mass is 16.2. The van der Waals surface area contributed by atoms with Crippen LogP contribution in [0.25, 0.3) is 0 Å². The first kappa shape index (κ1) is 12.2. The largest absolute Gasteiger partial charge is 0.345 e. The maximum Gasteiger partial charge on any atom is 0.236 e. The van der Waals surface area contributed by atoms with E-state index in [1.165, 1.54) is 0 Å². The van der Waals surface area contributed by atoms with Crippen LogP contribution in [0.5, 0.6) is 0 Å². The maximum atomic E-state index is 11.3. The van der Waals surface area contributed by atoms with Gasteiger partial charge in [-0.2, -0.15) is 0 Å². The number of carbonyl (C=O) groups excluding carboxylic acids is 1. The van der Waals surface area contributed by atoms with Gasteiger partial charge in [0.1, 0.15) is 0 Å². The first-order valence-corrected chi connectivity index (χ1v) is 4.78. The lowest BCUT2D eigenvalue weighted by Crippen LogP contribution is -2.35. The lowest BCUT2D eigenvalue weighted by Gasteiger charge is -2.16. The summed E-state index contributed by atoms with van der Waals surface area (Å²) in [6, 6.07) is 0. The first-order chi connectivity index (χ1) is 6.22. The van der Waals surface area contributed by atoms with Crippen molar-refractivity contribution in [3.8, 4) is 0 Å². The van der Waals surface area contributed by atoms with Crippen LogP contribution in [0.3, 0.4) is 0 Å². The zero-order valence-corrected chi connectivity index (χ0v) is 8.68. The van der Waals surface area contributed by atoms with Gasteiger partial charge in [0.2, 0.25) is 5.91 Å². The Hall–Kier alpha value is -0.830. The fourth-order valence-corrected chi connectivity index (χ4v) is 0.964. The highest BCUT2D eigenvalue weighted by molar-refractivity contribution is 5.77. The number of rotatable bonds is 7. The Morgan fingerprint density at radius 3 is 2.85 bits per heavy atom. The second-order valence-corrected chi connectivity index (χ2v) is 3.03. The van der Waals surface area contributed by atoms with Gasteiger partial charge >= 0.3 is 0 Å². The SMILES string of the molecule is C=CCCCN(C)C(=O)CNCC. The summed E-state index contributed by atoms with van der Waals surface area (Å²) >= 11 is 0. The van der Waals surface area contributed by atoms with Crippen LogP contribution in [0.2, 0.25) is 0 Å². The Kier molecular flexibility index (Phi) is 7.30. The molecule has 3 heteroatoms. The zero-order chi connectivity index (χ0) is 10.1. The number of carbonyl (C=O) groups is 1. The van der Waals surface area contributed by atoms with E-state index < -0.39 is 0 Å². The van der Waals surface area contributed by atoms with Crippen LogP contribution < -0.4 is 5.32 Å². The minimum absolute atomic E-state index is 0.158. The Balaban J connectivity index is 3.50. The summed E-state index contributed by atoms with van der Waals surface area (Å²) < 4.78 is 0. The molecule has 0 heterocycles. The van der Waals surface area contributed by atoms with Crippen molar-refractivity contribution < 1.29 is 4.79 Å². The molecule has 0 aromatic heterocycles. The summed E-state index contributed by atoms with van der Waals surface area (Å²) in [7, 11) is 1.84. The van der Waals surface area contributed by atoms with E-state index in [9.17, 15) is 4.79 Å². The van der Waals surface area contributed by atoms with Crippen molar-refractivity contribution >= 4 is 5.91 Å². The van der Waals surface area contributed by atoms with Crippen molar-refractivity contribution in [1.82, 2.24) is 10.2 Å². The second-order valence-electron chi connectivity index (χ2n) is 3.03. The molecule has 0 saturated heterocycles. The van der Waals surface area contributed by atoms with Gasteiger partial charge in [-0.25, -0.2) is 0 Å². The molecular weight excluding hydrogens is 164 g/mol. The van der Waals surface area contributed by atoms with E-state index in [1.54, 1.807) is 4.90 Å². The fourth-order valence-electron chi connectivity index (χ4n) is 0.964. The van der Waals surface area contributed by atoms with Gasteiger partial charge in [0.05, 0.1) is 6.54 Å². The summed E-state index contributed by atoms with van der Waals surface area (Å²) in [5.41, 5.74) is 0. The molecule has 0 fully saturated rings. The third kappa shape index (κ3) is 6.34. The number of hydrogen-bond acceptors (Lipinski definition) is 2. The molecule has 0 aliphatic carbocycles. The normalized spacial score (nSPS) is 9.69. The lowest BCUT2D eigenvalue weighted by atomic mass is 10.3. The Morgan fingerprint density at radius 1 is 1.62 bits per heavy atom. The Morgan fingerprint density at radius 2 is 2.31 bits per heavy atom. The average Bonchev–Trinajstić information content (AvgIpc) is 2.14. The summed E-state index contributed by atoms with van der Waals surface area (Å²) in [4.78, 5) is 13.1. The molecule has 0 saturated carbocycles. The van der Waals surface area contributed by atoms with Gasteiger partial charge < -0.3 is 10.2 Å². The van der Waals surface area contributed by atoms with Gasteiger partial charge in [-0.15, -0.1) is 6.58 Å². The number of amides is 1. The van der Waals surface area contributed by atoms with Crippen LogP contribution in [0.1, 0.15) is 19.8 Å². The van der Waals surface area contributed by atoms with E-state index in [0.29, 0.717) is 6.54 Å². The van der Waals surface area contributed by atoms with Crippen LogP contribution in [0.4, 0.5) is 0 Å². The molecule has 0 bridgehead atoms. The van der Waals surface area contributed by atoms with Crippen molar-refractivity contribution in [1.29, 1.82) is 0 Å².